The lowest BCUT2D eigenvalue weighted by Crippen LogP contribution is -2.32. The van der Waals surface area contributed by atoms with Crippen LogP contribution in [0.1, 0.15) is 26.2 Å². The molecule has 32 heavy (non-hydrogen) atoms. The lowest BCUT2D eigenvalue weighted by atomic mass is 10.1. The van der Waals surface area contributed by atoms with Crippen molar-refractivity contribution in [3.63, 3.8) is 0 Å². The molecule has 0 bridgehead atoms. The molecular weight excluding hydrogens is 415 g/mol. The third-order valence-electron chi connectivity index (χ3n) is 5.77. The molecule has 166 valence electrons. The van der Waals surface area contributed by atoms with Crippen LogP contribution in [0.2, 0.25) is 0 Å². The highest BCUT2D eigenvalue weighted by Crippen LogP contribution is 2.37. The number of aliphatic hydroxyl groups is 1. The summed E-state index contributed by atoms with van der Waals surface area (Å²) in [4.78, 5) is 19.5. The van der Waals surface area contributed by atoms with Crippen molar-refractivity contribution in [2.75, 3.05) is 11.4 Å². The van der Waals surface area contributed by atoms with Crippen LogP contribution >= 0.6 is 0 Å². The molecule has 2 aromatic heterocycles. The van der Waals surface area contributed by atoms with Gasteiger partial charge in [0.25, 0.3) is 0 Å². The van der Waals surface area contributed by atoms with Crippen LogP contribution in [0.15, 0.2) is 36.5 Å². The number of carbonyl (C=O) groups is 1. The number of hydrogen-bond acceptors (Lipinski definition) is 7. The molecule has 0 spiro atoms. The molecule has 2 atom stereocenters. The quantitative estimate of drug-likeness (QED) is 0.604. The summed E-state index contributed by atoms with van der Waals surface area (Å²) in [7, 11) is 0. The van der Waals surface area contributed by atoms with E-state index in [-0.39, 0.29) is 12.5 Å². The fourth-order valence-corrected chi connectivity index (χ4v) is 3.85. The number of pyridine rings is 1. The van der Waals surface area contributed by atoms with Crippen molar-refractivity contribution >= 4 is 11.8 Å². The molecule has 1 saturated heterocycles. The number of halogens is 1. The molecule has 9 nitrogen and oxygen atoms in total. The van der Waals surface area contributed by atoms with Crippen molar-refractivity contribution < 1.29 is 19.0 Å². The number of aromatic nitrogens is 5. The van der Waals surface area contributed by atoms with Crippen LogP contribution in [0.5, 0.6) is 0 Å². The molecule has 1 aliphatic carbocycles. The number of cyclic esters (lactones) is 1. The maximum absolute atomic E-state index is 14.9. The molecule has 1 aromatic carbocycles. The van der Waals surface area contributed by atoms with Gasteiger partial charge in [-0.2, -0.15) is 4.80 Å². The number of tetrazole rings is 1. The fourth-order valence-electron chi connectivity index (χ4n) is 3.85. The van der Waals surface area contributed by atoms with E-state index >= 15 is 0 Å². The maximum Gasteiger partial charge on any atom is 0.414 e. The van der Waals surface area contributed by atoms with E-state index in [1.54, 1.807) is 30.5 Å². The Morgan fingerprint density at radius 3 is 2.81 bits per heavy atom. The van der Waals surface area contributed by atoms with Gasteiger partial charge in [-0.1, -0.05) is 13.0 Å². The third kappa shape index (κ3) is 3.93. The van der Waals surface area contributed by atoms with Crippen LogP contribution in [0.4, 0.5) is 14.9 Å². The van der Waals surface area contributed by atoms with Crippen LogP contribution in [0, 0.1) is 11.7 Å². The average molecular weight is 438 g/mol. The van der Waals surface area contributed by atoms with E-state index in [1.165, 1.54) is 15.8 Å². The van der Waals surface area contributed by atoms with Crippen molar-refractivity contribution in [2.45, 2.75) is 44.9 Å². The minimum Gasteiger partial charge on any atom is -0.441 e. The second kappa shape index (κ2) is 8.27. The molecule has 3 heterocycles. The Balaban J connectivity index is 1.32. The van der Waals surface area contributed by atoms with Gasteiger partial charge in [0.1, 0.15) is 17.6 Å². The molecule has 1 aliphatic heterocycles. The fraction of sp³-hybridized carbons (Fsp3) is 0.409. The first-order chi connectivity index (χ1) is 15.5. The van der Waals surface area contributed by atoms with Gasteiger partial charge in [0.05, 0.1) is 24.9 Å². The number of rotatable bonds is 7. The molecule has 1 saturated carbocycles. The highest BCUT2D eigenvalue weighted by atomic mass is 19.1. The SMILES string of the molecule is CCCn1nnc(-c2ccc(-c3ccc(N4CC(C(O)C5CC5)OC4=O)cc3F)cn2)n1. The summed E-state index contributed by atoms with van der Waals surface area (Å²) < 4.78 is 20.2. The van der Waals surface area contributed by atoms with Crippen LogP contribution in [-0.4, -0.2) is 55.1 Å². The second-order valence-electron chi connectivity index (χ2n) is 8.17. The van der Waals surface area contributed by atoms with Crippen LogP contribution < -0.4 is 4.90 Å². The summed E-state index contributed by atoms with van der Waals surface area (Å²) in [6.45, 7) is 2.91. The maximum atomic E-state index is 14.9. The third-order valence-corrected chi connectivity index (χ3v) is 5.77. The number of hydrogen-bond donors (Lipinski definition) is 1. The predicted molar refractivity (Wildman–Crippen MR) is 113 cm³/mol. The molecule has 10 heteroatoms. The number of aliphatic hydroxyl groups excluding tert-OH is 1. The summed E-state index contributed by atoms with van der Waals surface area (Å²) in [6.07, 6.45) is 2.51. The van der Waals surface area contributed by atoms with Crippen LogP contribution in [-0.2, 0) is 11.3 Å². The Morgan fingerprint density at radius 1 is 1.28 bits per heavy atom. The van der Waals surface area contributed by atoms with Gasteiger partial charge in [0.15, 0.2) is 0 Å². The first-order valence-electron chi connectivity index (χ1n) is 10.7. The van der Waals surface area contributed by atoms with E-state index in [9.17, 15) is 14.3 Å². The van der Waals surface area contributed by atoms with Gasteiger partial charge >= 0.3 is 6.09 Å². The number of nitrogens with zero attached hydrogens (tertiary/aromatic N) is 6. The van der Waals surface area contributed by atoms with Gasteiger partial charge in [-0.15, -0.1) is 10.2 Å². The smallest absolute Gasteiger partial charge is 0.414 e. The summed E-state index contributed by atoms with van der Waals surface area (Å²) in [5.74, 6) is 0.119. The molecule has 2 unspecified atom stereocenters. The minimum atomic E-state index is -0.671. The van der Waals surface area contributed by atoms with Gasteiger partial charge in [0, 0.05) is 17.3 Å². The normalized spacial score (nSPS) is 19.3. The van der Waals surface area contributed by atoms with Crippen molar-refractivity contribution in [1.29, 1.82) is 0 Å². The first kappa shape index (κ1) is 20.5. The molecule has 2 fully saturated rings. The van der Waals surface area contributed by atoms with E-state index in [0.29, 0.717) is 34.9 Å². The first-order valence-corrected chi connectivity index (χ1v) is 10.7. The second-order valence-corrected chi connectivity index (χ2v) is 8.17. The Labute approximate surface area is 183 Å². The van der Waals surface area contributed by atoms with Crippen molar-refractivity contribution in [3.8, 4) is 22.6 Å². The standard InChI is InChI=1S/C22H23FN6O3/c1-2-9-29-26-21(25-27-29)18-8-5-14(11-24-18)16-7-6-15(10-17(16)23)28-12-19(32-22(28)31)20(30)13-3-4-13/h5-8,10-11,13,19-20,30H,2-4,9,12H2,1H3. The van der Waals surface area contributed by atoms with E-state index in [0.717, 1.165) is 19.3 Å². The van der Waals surface area contributed by atoms with Crippen LogP contribution in [0.3, 0.4) is 0 Å². The summed E-state index contributed by atoms with van der Waals surface area (Å²) in [5.41, 5.74) is 1.89. The van der Waals surface area contributed by atoms with E-state index in [4.69, 9.17) is 4.74 Å². The number of benzene rings is 1. The zero-order valence-electron chi connectivity index (χ0n) is 17.6. The Hall–Kier alpha value is -3.40. The van der Waals surface area contributed by atoms with E-state index < -0.39 is 24.1 Å². The lowest BCUT2D eigenvalue weighted by Gasteiger charge is -2.16. The number of amides is 1. The van der Waals surface area contributed by atoms with Gasteiger partial charge in [-0.05, 0) is 54.7 Å². The predicted octanol–water partition coefficient (Wildman–Crippen LogP) is 3.05. The van der Waals surface area contributed by atoms with Gasteiger partial charge in [-0.3, -0.25) is 9.88 Å². The number of ether oxygens (including phenoxy) is 1. The highest BCUT2D eigenvalue weighted by Gasteiger charge is 2.43. The zero-order valence-corrected chi connectivity index (χ0v) is 17.6. The van der Waals surface area contributed by atoms with Crippen molar-refractivity contribution in [1.82, 2.24) is 25.2 Å². The molecule has 1 N–H and O–H groups in total. The zero-order chi connectivity index (χ0) is 22.2. The summed E-state index contributed by atoms with van der Waals surface area (Å²) in [5, 5.41) is 22.5. The largest absolute Gasteiger partial charge is 0.441 e. The Bertz CT molecular complexity index is 1130. The van der Waals surface area contributed by atoms with Crippen molar-refractivity contribution in [2.24, 2.45) is 5.92 Å². The van der Waals surface area contributed by atoms with Gasteiger partial charge in [-0.25, -0.2) is 9.18 Å². The Kier molecular flexibility index (Phi) is 5.30. The summed E-state index contributed by atoms with van der Waals surface area (Å²) >= 11 is 0. The molecule has 3 aromatic rings. The number of aryl methyl sites for hydroxylation is 1. The topological polar surface area (TPSA) is 106 Å². The van der Waals surface area contributed by atoms with Gasteiger partial charge in [0.2, 0.25) is 5.82 Å². The number of anilines is 1. The van der Waals surface area contributed by atoms with E-state index in [2.05, 4.69) is 20.4 Å². The summed E-state index contributed by atoms with van der Waals surface area (Å²) in [6, 6.07) is 8.03. The lowest BCUT2D eigenvalue weighted by molar-refractivity contribution is 0.0200. The highest BCUT2D eigenvalue weighted by molar-refractivity contribution is 5.90. The Morgan fingerprint density at radius 2 is 2.12 bits per heavy atom. The molecular formula is C22H23FN6O3. The van der Waals surface area contributed by atoms with E-state index in [1.807, 2.05) is 6.92 Å². The molecule has 2 aliphatic rings. The molecule has 5 rings (SSSR count). The molecule has 1 amide bonds. The van der Waals surface area contributed by atoms with Crippen LogP contribution in [0.25, 0.3) is 22.6 Å². The minimum absolute atomic E-state index is 0.189. The average Bonchev–Trinajstić information content (AvgIpc) is 3.42. The monoisotopic (exact) mass is 438 g/mol. The van der Waals surface area contributed by atoms with Gasteiger partial charge < -0.3 is 9.84 Å². The number of carbonyl (C=O) groups excluding carboxylic acids is 1. The van der Waals surface area contributed by atoms with Crippen molar-refractivity contribution in [3.05, 3.63) is 42.3 Å². The molecule has 0 radical (unpaired) electrons.